The van der Waals surface area contributed by atoms with Gasteiger partial charge in [-0.1, -0.05) is 0 Å². The average molecular weight is 345 g/mol. The Morgan fingerprint density at radius 1 is 1.19 bits per heavy atom. The third-order valence-corrected chi connectivity index (χ3v) is 5.08. The van der Waals surface area contributed by atoms with E-state index >= 15 is 0 Å². The number of hydrogen-bond donors (Lipinski definition) is 1. The molecule has 5 rings (SSSR count). The number of nitrogens with zero attached hydrogens (tertiary/aromatic N) is 4. The summed E-state index contributed by atoms with van der Waals surface area (Å²) in [6, 6.07) is 8.29. The van der Waals surface area contributed by atoms with E-state index in [9.17, 15) is 0 Å². The predicted octanol–water partition coefficient (Wildman–Crippen LogP) is 3.52. The summed E-state index contributed by atoms with van der Waals surface area (Å²) in [5, 5.41) is 4.61. The molecule has 1 aliphatic carbocycles. The molecule has 1 aliphatic rings. The van der Waals surface area contributed by atoms with Gasteiger partial charge >= 0.3 is 0 Å². The molecule has 0 aliphatic heterocycles. The minimum Gasteiger partial charge on any atom is -0.496 e. The van der Waals surface area contributed by atoms with Gasteiger partial charge in [-0.3, -0.25) is 4.98 Å². The largest absolute Gasteiger partial charge is 0.496 e. The Labute approximate surface area is 150 Å². The minimum absolute atomic E-state index is 0.810. The van der Waals surface area contributed by atoms with E-state index < -0.39 is 0 Å². The number of pyridine rings is 1. The van der Waals surface area contributed by atoms with Gasteiger partial charge in [0.2, 0.25) is 0 Å². The van der Waals surface area contributed by atoms with E-state index in [0.717, 1.165) is 52.4 Å². The highest BCUT2D eigenvalue weighted by molar-refractivity contribution is 5.90. The Bertz CT molecular complexity index is 1110. The topological polar surface area (TPSA) is 68.6 Å². The lowest BCUT2D eigenvalue weighted by Crippen LogP contribution is -1.95. The van der Waals surface area contributed by atoms with Crippen molar-refractivity contribution in [1.82, 2.24) is 24.7 Å². The number of benzene rings is 1. The van der Waals surface area contributed by atoms with Crippen molar-refractivity contribution in [3.8, 4) is 28.4 Å². The first-order chi connectivity index (χ1) is 12.7. The van der Waals surface area contributed by atoms with Crippen molar-refractivity contribution < 1.29 is 4.74 Å². The van der Waals surface area contributed by atoms with E-state index in [-0.39, 0.29) is 0 Å². The molecule has 0 unspecified atom stereocenters. The van der Waals surface area contributed by atoms with Gasteiger partial charge in [0.25, 0.3) is 0 Å². The highest BCUT2D eigenvalue weighted by Gasteiger charge is 2.21. The van der Waals surface area contributed by atoms with Crippen LogP contribution in [0.3, 0.4) is 0 Å². The predicted molar refractivity (Wildman–Crippen MR) is 100 cm³/mol. The Morgan fingerprint density at radius 3 is 2.81 bits per heavy atom. The minimum atomic E-state index is 0.810. The van der Waals surface area contributed by atoms with Crippen molar-refractivity contribution in [1.29, 1.82) is 0 Å². The van der Waals surface area contributed by atoms with Crippen LogP contribution in [-0.2, 0) is 19.9 Å². The van der Waals surface area contributed by atoms with Crippen LogP contribution in [-0.4, -0.2) is 31.8 Å². The zero-order valence-electron chi connectivity index (χ0n) is 14.8. The van der Waals surface area contributed by atoms with E-state index in [1.165, 1.54) is 17.5 Å². The lowest BCUT2D eigenvalue weighted by Gasteiger charge is -2.09. The van der Waals surface area contributed by atoms with Crippen LogP contribution < -0.4 is 4.74 Å². The number of methoxy groups -OCH3 is 1. The number of fused-ring (bicyclic) bond motifs is 2. The number of hydrogen-bond acceptors (Lipinski definition) is 4. The van der Waals surface area contributed by atoms with Crippen molar-refractivity contribution in [2.75, 3.05) is 7.11 Å². The standard InChI is InChI=1S/C20H19N5O/c1-25-20-18(17(24-25)14-7-4-8-21-11-14)22-19(23-20)15-9-12-5-3-6-13(12)10-16(15)26-2/h4,7-11H,3,5-6H2,1-2H3,(H,22,23). The van der Waals surface area contributed by atoms with Gasteiger partial charge in [0.1, 0.15) is 22.8 Å². The molecule has 0 fully saturated rings. The van der Waals surface area contributed by atoms with Gasteiger partial charge in [0.05, 0.1) is 12.7 Å². The highest BCUT2D eigenvalue weighted by atomic mass is 16.5. The fourth-order valence-electron chi connectivity index (χ4n) is 3.80. The first-order valence-electron chi connectivity index (χ1n) is 8.78. The first kappa shape index (κ1) is 15.1. The summed E-state index contributed by atoms with van der Waals surface area (Å²) in [6.07, 6.45) is 7.03. The zero-order chi connectivity index (χ0) is 17.7. The molecule has 3 aromatic heterocycles. The molecule has 0 amide bonds. The van der Waals surface area contributed by atoms with Crippen LogP contribution in [0, 0.1) is 0 Å². The van der Waals surface area contributed by atoms with Crippen molar-refractivity contribution in [3.05, 3.63) is 47.8 Å². The smallest absolute Gasteiger partial charge is 0.177 e. The molecule has 0 radical (unpaired) electrons. The molecule has 130 valence electrons. The summed E-state index contributed by atoms with van der Waals surface area (Å²) < 4.78 is 7.45. The molecule has 1 aromatic carbocycles. The van der Waals surface area contributed by atoms with E-state index in [2.05, 4.69) is 27.2 Å². The molecule has 0 atom stereocenters. The Kier molecular flexibility index (Phi) is 3.31. The number of H-pyrrole nitrogens is 1. The molecule has 0 saturated carbocycles. The van der Waals surface area contributed by atoms with Gasteiger partial charge in [-0.05, 0) is 54.7 Å². The molecule has 26 heavy (non-hydrogen) atoms. The van der Waals surface area contributed by atoms with E-state index in [1.54, 1.807) is 18.0 Å². The molecule has 3 heterocycles. The first-order valence-corrected chi connectivity index (χ1v) is 8.78. The average Bonchev–Trinajstić information content (AvgIpc) is 3.37. The quantitative estimate of drug-likeness (QED) is 0.617. The summed E-state index contributed by atoms with van der Waals surface area (Å²) in [5.74, 6) is 1.67. The maximum Gasteiger partial charge on any atom is 0.177 e. The SMILES string of the molecule is COc1cc2c(cc1-c1nc3c([nH]1)c(-c1cccnc1)nn3C)CCC2. The van der Waals surface area contributed by atoms with Crippen molar-refractivity contribution in [3.63, 3.8) is 0 Å². The number of aromatic nitrogens is 5. The number of aromatic amines is 1. The van der Waals surface area contributed by atoms with E-state index in [1.807, 2.05) is 25.4 Å². The molecule has 4 aromatic rings. The maximum atomic E-state index is 5.65. The molecule has 6 nitrogen and oxygen atoms in total. The van der Waals surface area contributed by atoms with Crippen LogP contribution in [0.5, 0.6) is 5.75 Å². The zero-order valence-corrected chi connectivity index (χ0v) is 14.8. The van der Waals surface area contributed by atoms with Gasteiger partial charge in [-0.2, -0.15) is 5.10 Å². The summed E-state index contributed by atoms with van der Waals surface area (Å²) in [5.41, 5.74) is 7.34. The molecular weight excluding hydrogens is 326 g/mol. The summed E-state index contributed by atoms with van der Waals surface area (Å²) in [4.78, 5) is 12.5. The molecule has 6 heteroatoms. The third kappa shape index (κ3) is 2.22. The van der Waals surface area contributed by atoms with Crippen molar-refractivity contribution in [2.45, 2.75) is 19.3 Å². The number of rotatable bonds is 3. The Balaban J connectivity index is 1.70. The van der Waals surface area contributed by atoms with E-state index in [0.29, 0.717) is 0 Å². The maximum absolute atomic E-state index is 5.65. The number of ether oxygens (including phenoxy) is 1. The van der Waals surface area contributed by atoms with Crippen molar-refractivity contribution in [2.24, 2.45) is 7.05 Å². The fraction of sp³-hybridized carbons (Fsp3) is 0.250. The molecular formula is C20H19N5O. The normalized spacial score (nSPS) is 13.3. The molecule has 1 N–H and O–H groups in total. The molecule has 0 spiro atoms. The number of nitrogens with one attached hydrogen (secondary N) is 1. The van der Waals surface area contributed by atoms with Gasteiger partial charge in [-0.15, -0.1) is 0 Å². The van der Waals surface area contributed by atoms with Crippen molar-refractivity contribution >= 4 is 11.2 Å². The Morgan fingerprint density at radius 2 is 2.04 bits per heavy atom. The highest BCUT2D eigenvalue weighted by Crippen LogP contribution is 2.36. The number of aryl methyl sites for hydroxylation is 3. The van der Waals surface area contributed by atoms with Crippen LogP contribution in [0.2, 0.25) is 0 Å². The summed E-state index contributed by atoms with van der Waals surface area (Å²) in [6.45, 7) is 0. The summed E-state index contributed by atoms with van der Waals surface area (Å²) >= 11 is 0. The second-order valence-electron chi connectivity index (χ2n) is 6.67. The molecule has 0 saturated heterocycles. The van der Waals surface area contributed by atoms with Crippen LogP contribution in [0.15, 0.2) is 36.7 Å². The Hall–Kier alpha value is -3.15. The second-order valence-corrected chi connectivity index (χ2v) is 6.67. The van der Waals surface area contributed by atoms with Gasteiger partial charge in [-0.25, -0.2) is 9.67 Å². The summed E-state index contributed by atoms with van der Waals surface area (Å²) in [7, 11) is 3.62. The van der Waals surface area contributed by atoms with Crippen LogP contribution >= 0.6 is 0 Å². The number of imidazole rings is 1. The van der Waals surface area contributed by atoms with Crippen LogP contribution in [0.4, 0.5) is 0 Å². The van der Waals surface area contributed by atoms with Gasteiger partial charge < -0.3 is 9.72 Å². The monoisotopic (exact) mass is 345 g/mol. The van der Waals surface area contributed by atoms with Crippen LogP contribution in [0.25, 0.3) is 33.8 Å². The van der Waals surface area contributed by atoms with Gasteiger partial charge in [0, 0.05) is 25.0 Å². The van der Waals surface area contributed by atoms with E-state index in [4.69, 9.17) is 9.72 Å². The fourth-order valence-corrected chi connectivity index (χ4v) is 3.80. The molecule has 0 bridgehead atoms. The second kappa shape index (κ2) is 5.69. The van der Waals surface area contributed by atoms with Crippen LogP contribution in [0.1, 0.15) is 17.5 Å². The lowest BCUT2D eigenvalue weighted by molar-refractivity contribution is 0.415. The lowest BCUT2D eigenvalue weighted by atomic mass is 10.0. The third-order valence-electron chi connectivity index (χ3n) is 5.08. The van der Waals surface area contributed by atoms with Gasteiger partial charge in [0.15, 0.2) is 5.65 Å².